The molecule has 7 nitrogen and oxygen atoms in total. The smallest absolute Gasteiger partial charge is 0.243 e. The van der Waals surface area contributed by atoms with E-state index in [0.29, 0.717) is 17.2 Å². The van der Waals surface area contributed by atoms with Gasteiger partial charge in [0.2, 0.25) is 5.91 Å². The molecule has 1 aromatic heterocycles. The largest absolute Gasteiger partial charge is 0.497 e. The van der Waals surface area contributed by atoms with E-state index in [-0.39, 0.29) is 12.5 Å². The molecular weight excluding hydrogens is 346 g/mol. The van der Waals surface area contributed by atoms with E-state index in [4.69, 9.17) is 13.9 Å². The number of ether oxygens (including phenoxy) is 2. The Morgan fingerprint density at radius 1 is 1.19 bits per heavy atom. The summed E-state index contributed by atoms with van der Waals surface area (Å²) in [6, 6.07) is 12.9. The first-order valence-electron chi connectivity index (χ1n) is 8.32. The zero-order valence-corrected chi connectivity index (χ0v) is 15.4. The van der Waals surface area contributed by atoms with Crippen LogP contribution in [0.5, 0.6) is 11.5 Å². The molecule has 0 aliphatic rings. The predicted molar refractivity (Wildman–Crippen MR) is 103 cm³/mol. The van der Waals surface area contributed by atoms with Gasteiger partial charge in [0.25, 0.3) is 0 Å². The van der Waals surface area contributed by atoms with Crippen molar-refractivity contribution in [2.24, 2.45) is 0 Å². The summed E-state index contributed by atoms with van der Waals surface area (Å²) in [6.07, 6.45) is 2.97. The number of nitrogens with one attached hydrogen (secondary N) is 1. The predicted octanol–water partition coefficient (Wildman–Crippen LogP) is 3.43. The van der Waals surface area contributed by atoms with Crippen LogP contribution in [0, 0.1) is 0 Å². The summed E-state index contributed by atoms with van der Waals surface area (Å²) >= 11 is 0. The van der Waals surface area contributed by atoms with Crippen LogP contribution >= 0.6 is 0 Å². The number of likely N-dealkylation sites (N-methyl/N-ethyl adjacent to an activating group) is 1. The fraction of sp³-hybridized carbons (Fsp3) is 0.200. The van der Waals surface area contributed by atoms with Gasteiger partial charge in [-0.15, -0.1) is 0 Å². The minimum absolute atomic E-state index is 0.144. The number of anilines is 2. The molecule has 0 bridgehead atoms. The highest BCUT2D eigenvalue weighted by molar-refractivity contribution is 5.94. The van der Waals surface area contributed by atoms with Crippen molar-refractivity contribution in [3.63, 3.8) is 0 Å². The molecule has 27 heavy (non-hydrogen) atoms. The molecule has 0 radical (unpaired) electrons. The normalized spacial score (nSPS) is 10.3. The van der Waals surface area contributed by atoms with Gasteiger partial charge in [0.15, 0.2) is 12.2 Å². The van der Waals surface area contributed by atoms with E-state index in [1.165, 1.54) is 6.39 Å². The fourth-order valence-electron chi connectivity index (χ4n) is 2.68. The van der Waals surface area contributed by atoms with Crippen molar-refractivity contribution in [3.05, 3.63) is 55.1 Å². The van der Waals surface area contributed by atoms with Gasteiger partial charge >= 0.3 is 0 Å². The van der Waals surface area contributed by atoms with Crippen LogP contribution in [0.2, 0.25) is 0 Å². The summed E-state index contributed by atoms with van der Waals surface area (Å²) in [6.45, 7) is 0.194. The maximum Gasteiger partial charge on any atom is 0.243 e. The van der Waals surface area contributed by atoms with E-state index in [9.17, 15) is 4.79 Å². The molecule has 1 N–H and O–H groups in total. The Hall–Kier alpha value is -3.48. The van der Waals surface area contributed by atoms with Crippen molar-refractivity contribution in [3.8, 4) is 22.8 Å². The summed E-state index contributed by atoms with van der Waals surface area (Å²) in [5, 5.41) is 2.88. The molecule has 3 aromatic rings. The number of nitrogens with zero attached hydrogens (tertiary/aromatic N) is 2. The minimum atomic E-state index is -0.144. The Balaban J connectivity index is 1.68. The highest BCUT2D eigenvalue weighted by Gasteiger charge is 2.13. The second kappa shape index (κ2) is 8.27. The van der Waals surface area contributed by atoms with Gasteiger partial charge in [0, 0.05) is 30.6 Å². The van der Waals surface area contributed by atoms with Crippen LogP contribution < -0.4 is 19.7 Å². The van der Waals surface area contributed by atoms with Gasteiger partial charge in [0.05, 0.1) is 32.5 Å². The summed E-state index contributed by atoms with van der Waals surface area (Å²) in [7, 11) is 5.03. The number of aromatic nitrogens is 1. The van der Waals surface area contributed by atoms with Crippen LogP contribution in [0.4, 0.5) is 11.4 Å². The molecular formula is C20H21N3O4. The van der Waals surface area contributed by atoms with Crippen molar-refractivity contribution >= 4 is 17.3 Å². The Kier molecular flexibility index (Phi) is 5.61. The number of hydrogen-bond donors (Lipinski definition) is 1. The quantitative estimate of drug-likeness (QED) is 0.689. The number of benzene rings is 2. The minimum Gasteiger partial charge on any atom is -0.497 e. The molecule has 3 rings (SSSR count). The van der Waals surface area contributed by atoms with E-state index in [1.807, 2.05) is 42.3 Å². The van der Waals surface area contributed by atoms with Crippen LogP contribution in [-0.2, 0) is 4.79 Å². The third-order valence-electron chi connectivity index (χ3n) is 4.06. The first kappa shape index (κ1) is 18.3. The molecule has 7 heteroatoms. The lowest BCUT2D eigenvalue weighted by molar-refractivity contribution is -0.114. The zero-order valence-electron chi connectivity index (χ0n) is 15.4. The van der Waals surface area contributed by atoms with Crippen LogP contribution in [0.15, 0.2) is 59.5 Å². The lowest BCUT2D eigenvalue weighted by Crippen LogP contribution is -2.30. The first-order chi connectivity index (χ1) is 13.1. The number of amides is 1. The molecule has 140 valence electrons. The van der Waals surface area contributed by atoms with Crippen LogP contribution in [-0.4, -0.2) is 38.7 Å². The number of carbonyl (C=O) groups is 1. The third kappa shape index (κ3) is 4.38. The number of rotatable bonds is 7. The van der Waals surface area contributed by atoms with E-state index >= 15 is 0 Å². The standard InChI is InChI=1S/C20H21N3O4/c1-23(15-5-4-6-16(10-15)25-2)12-20(24)22-14-7-8-17(18(9-14)26-3)19-11-21-13-27-19/h4-11,13H,12H2,1-3H3,(H,22,24). The van der Waals surface area contributed by atoms with Crippen LogP contribution in [0.25, 0.3) is 11.3 Å². The van der Waals surface area contributed by atoms with Gasteiger partial charge < -0.3 is 24.1 Å². The van der Waals surface area contributed by atoms with E-state index in [1.54, 1.807) is 32.5 Å². The second-order valence-corrected chi connectivity index (χ2v) is 5.89. The lowest BCUT2D eigenvalue weighted by Gasteiger charge is -2.19. The van der Waals surface area contributed by atoms with Gasteiger partial charge in [-0.2, -0.15) is 0 Å². The Labute approximate surface area is 157 Å². The molecule has 0 unspecified atom stereocenters. The SMILES string of the molecule is COc1cccc(N(C)CC(=O)Nc2ccc(-c3cnco3)c(OC)c2)c1. The van der Waals surface area contributed by atoms with Crippen LogP contribution in [0.1, 0.15) is 0 Å². The van der Waals surface area contributed by atoms with Gasteiger partial charge in [-0.3, -0.25) is 4.79 Å². The lowest BCUT2D eigenvalue weighted by atomic mass is 10.1. The summed E-state index contributed by atoms with van der Waals surface area (Å²) in [5.74, 6) is 1.79. The zero-order chi connectivity index (χ0) is 19.2. The van der Waals surface area contributed by atoms with Crippen molar-refractivity contribution < 1.29 is 18.7 Å². The average Bonchev–Trinajstić information content (AvgIpc) is 3.22. The molecule has 0 saturated carbocycles. The molecule has 0 saturated heterocycles. The summed E-state index contributed by atoms with van der Waals surface area (Å²) in [5.41, 5.74) is 2.29. The Morgan fingerprint density at radius 2 is 2.04 bits per heavy atom. The highest BCUT2D eigenvalue weighted by Crippen LogP contribution is 2.32. The molecule has 0 atom stereocenters. The van der Waals surface area contributed by atoms with Gasteiger partial charge in [-0.05, 0) is 24.3 Å². The maximum atomic E-state index is 12.4. The molecule has 0 aliphatic heterocycles. The van der Waals surface area contributed by atoms with Gasteiger partial charge in [-0.25, -0.2) is 4.98 Å². The van der Waals surface area contributed by atoms with E-state index < -0.39 is 0 Å². The van der Waals surface area contributed by atoms with Crippen molar-refractivity contribution in [2.75, 3.05) is 38.0 Å². The van der Waals surface area contributed by atoms with Crippen molar-refractivity contribution in [1.82, 2.24) is 4.98 Å². The monoisotopic (exact) mass is 367 g/mol. The van der Waals surface area contributed by atoms with Crippen molar-refractivity contribution in [2.45, 2.75) is 0 Å². The first-order valence-corrected chi connectivity index (χ1v) is 8.32. The number of carbonyl (C=O) groups excluding carboxylic acids is 1. The fourth-order valence-corrected chi connectivity index (χ4v) is 2.68. The summed E-state index contributed by atoms with van der Waals surface area (Å²) in [4.78, 5) is 18.2. The Morgan fingerprint density at radius 3 is 2.74 bits per heavy atom. The second-order valence-electron chi connectivity index (χ2n) is 5.89. The maximum absolute atomic E-state index is 12.4. The average molecular weight is 367 g/mol. The number of oxazole rings is 1. The molecule has 1 heterocycles. The molecule has 1 amide bonds. The highest BCUT2D eigenvalue weighted by atomic mass is 16.5. The van der Waals surface area contributed by atoms with Gasteiger partial charge in [-0.1, -0.05) is 6.07 Å². The number of methoxy groups -OCH3 is 2. The van der Waals surface area contributed by atoms with Crippen molar-refractivity contribution in [1.29, 1.82) is 0 Å². The number of hydrogen-bond acceptors (Lipinski definition) is 6. The third-order valence-corrected chi connectivity index (χ3v) is 4.06. The molecule has 2 aromatic carbocycles. The molecule has 0 fully saturated rings. The van der Waals surface area contributed by atoms with E-state index in [2.05, 4.69) is 10.3 Å². The van der Waals surface area contributed by atoms with Crippen LogP contribution in [0.3, 0.4) is 0 Å². The molecule has 0 aliphatic carbocycles. The Bertz CT molecular complexity index is 909. The molecule has 0 spiro atoms. The topological polar surface area (TPSA) is 76.8 Å². The van der Waals surface area contributed by atoms with E-state index in [0.717, 1.165) is 17.0 Å². The van der Waals surface area contributed by atoms with Gasteiger partial charge in [0.1, 0.15) is 11.5 Å². The summed E-state index contributed by atoms with van der Waals surface area (Å²) < 4.78 is 15.9.